The second kappa shape index (κ2) is 12.0. The van der Waals surface area contributed by atoms with Crippen molar-refractivity contribution in [2.45, 2.75) is 52.1 Å². The van der Waals surface area contributed by atoms with E-state index < -0.39 is 11.6 Å². The lowest BCUT2D eigenvalue weighted by molar-refractivity contribution is -0.152. The van der Waals surface area contributed by atoms with Crippen molar-refractivity contribution in [1.82, 2.24) is 0 Å². The summed E-state index contributed by atoms with van der Waals surface area (Å²) >= 11 is 0. The minimum atomic E-state index is -1.28. The smallest absolute Gasteiger partial charge is 0.347 e. The molecule has 0 radical (unpaired) electrons. The second-order valence-corrected chi connectivity index (χ2v) is 8.20. The van der Waals surface area contributed by atoms with Gasteiger partial charge in [-0.1, -0.05) is 42.0 Å². The van der Waals surface area contributed by atoms with E-state index in [1.165, 1.54) is 19.4 Å². The predicted octanol–water partition coefficient (Wildman–Crippen LogP) is 3.55. The van der Waals surface area contributed by atoms with Gasteiger partial charge >= 0.3 is 5.97 Å². The number of rotatable bonds is 11. The van der Waals surface area contributed by atoms with E-state index in [9.17, 15) is 9.90 Å². The molecule has 0 amide bonds. The maximum Gasteiger partial charge on any atom is 0.347 e. The molecule has 0 aliphatic rings. The monoisotopic (exact) mass is 439 g/mol. The number of nitrogens with two attached hydrogens (primary N) is 1. The number of aliphatic hydroxyl groups excluding tert-OH is 1. The van der Waals surface area contributed by atoms with Gasteiger partial charge in [0, 0.05) is 12.8 Å². The number of aryl methyl sites for hydroxylation is 2. The van der Waals surface area contributed by atoms with E-state index in [0.29, 0.717) is 36.8 Å². The Kier molecular flexibility index (Phi) is 9.40. The van der Waals surface area contributed by atoms with E-state index in [4.69, 9.17) is 15.6 Å². The number of carbonyl (C=O) groups is 1. The highest BCUT2D eigenvalue weighted by Crippen LogP contribution is 2.20. The van der Waals surface area contributed by atoms with Gasteiger partial charge in [-0.25, -0.2) is 9.79 Å². The summed E-state index contributed by atoms with van der Waals surface area (Å²) in [5, 5.41) is 18.3. The van der Waals surface area contributed by atoms with Crippen molar-refractivity contribution in [3.63, 3.8) is 0 Å². The van der Waals surface area contributed by atoms with Gasteiger partial charge in [0.15, 0.2) is 5.60 Å². The first-order chi connectivity index (χ1) is 15.2. The molecule has 0 aliphatic heterocycles. The van der Waals surface area contributed by atoms with Crippen molar-refractivity contribution in [3.05, 3.63) is 65.2 Å². The molecule has 0 saturated heterocycles. The normalized spacial score (nSPS) is 12.6. The van der Waals surface area contributed by atoms with Gasteiger partial charge in [0.05, 0.1) is 13.2 Å². The van der Waals surface area contributed by atoms with Crippen LogP contribution in [0.3, 0.4) is 0 Å². The number of aliphatic carboxylic acids is 1. The van der Waals surface area contributed by atoms with Crippen molar-refractivity contribution in [2.75, 3.05) is 13.2 Å². The molecule has 0 spiro atoms. The molecule has 7 nitrogen and oxygen atoms in total. The standard InChI is InChI=1S/C25H33N3O4/c1-18-7-9-20(10-8-18)17-22(26)28-23(27-15-16-29)6-4-5-19-11-13-21(14-12-19)32-25(2,3)24(30)31/h7-14,29H,4-6,15-17H2,1-3H3,(H,30,31)(H2,26,27,28). The molecule has 0 unspecified atom stereocenters. The lowest BCUT2D eigenvalue weighted by Gasteiger charge is -2.21. The number of ether oxygens (including phenoxy) is 1. The topological polar surface area (TPSA) is 118 Å². The molecule has 0 aliphatic carbocycles. The average Bonchev–Trinajstić information content (AvgIpc) is 2.74. The second-order valence-electron chi connectivity index (χ2n) is 8.20. The van der Waals surface area contributed by atoms with Gasteiger partial charge in [-0.05, 0) is 56.9 Å². The lowest BCUT2D eigenvalue weighted by Crippen LogP contribution is -2.37. The Labute approximate surface area is 189 Å². The van der Waals surface area contributed by atoms with Gasteiger partial charge in [0.1, 0.15) is 17.4 Å². The molecule has 172 valence electrons. The first kappa shape index (κ1) is 25.1. The van der Waals surface area contributed by atoms with Crippen LogP contribution in [-0.4, -0.2) is 46.6 Å². The van der Waals surface area contributed by atoms with Crippen LogP contribution in [0, 0.1) is 6.92 Å². The molecule has 32 heavy (non-hydrogen) atoms. The van der Waals surface area contributed by atoms with Gasteiger partial charge in [-0.15, -0.1) is 0 Å². The van der Waals surface area contributed by atoms with Crippen LogP contribution in [0.15, 0.2) is 58.5 Å². The first-order valence-electron chi connectivity index (χ1n) is 10.7. The van der Waals surface area contributed by atoms with Crippen LogP contribution in [0.5, 0.6) is 5.75 Å². The van der Waals surface area contributed by atoms with E-state index >= 15 is 0 Å². The summed E-state index contributed by atoms with van der Waals surface area (Å²) in [7, 11) is 0. The SMILES string of the molecule is Cc1ccc(CC(N)=NC(CCCc2ccc(OC(C)(C)C(=O)O)cc2)=NCCO)cc1. The maximum absolute atomic E-state index is 11.2. The van der Waals surface area contributed by atoms with Gasteiger partial charge in [-0.3, -0.25) is 4.99 Å². The molecular formula is C25H33N3O4. The number of carboxylic acids is 1. The van der Waals surface area contributed by atoms with Crippen molar-refractivity contribution < 1.29 is 19.7 Å². The van der Waals surface area contributed by atoms with Crippen LogP contribution in [-0.2, 0) is 17.6 Å². The Balaban J connectivity index is 1.93. The summed E-state index contributed by atoms with van der Waals surface area (Å²) in [5.41, 5.74) is 8.24. The molecule has 0 aromatic heterocycles. The average molecular weight is 440 g/mol. The highest BCUT2D eigenvalue weighted by atomic mass is 16.5. The van der Waals surface area contributed by atoms with Crippen molar-refractivity contribution in [2.24, 2.45) is 15.7 Å². The van der Waals surface area contributed by atoms with Crippen molar-refractivity contribution in [3.8, 4) is 5.75 Å². The Morgan fingerprint density at radius 3 is 2.28 bits per heavy atom. The zero-order valence-corrected chi connectivity index (χ0v) is 19.0. The van der Waals surface area contributed by atoms with Crippen LogP contribution >= 0.6 is 0 Å². The number of aliphatic hydroxyl groups is 1. The Bertz CT molecular complexity index is 933. The fraction of sp³-hybridized carbons (Fsp3) is 0.400. The van der Waals surface area contributed by atoms with Crippen LogP contribution in [0.25, 0.3) is 0 Å². The Hall–Kier alpha value is -3.19. The highest BCUT2D eigenvalue weighted by Gasteiger charge is 2.29. The minimum absolute atomic E-state index is 0.0367. The maximum atomic E-state index is 11.2. The number of amidine groups is 2. The number of hydrogen-bond acceptors (Lipinski definition) is 4. The molecule has 0 heterocycles. The molecule has 0 saturated carbocycles. The molecule has 2 aromatic rings. The summed E-state index contributed by atoms with van der Waals surface area (Å²) in [6.45, 7) is 5.33. The Morgan fingerprint density at radius 2 is 1.69 bits per heavy atom. The molecule has 7 heteroatoms. The van der Waals surface area contributed by atoms with Gasteiger partial charge in [-0.2, -0.15) is 0 Å². The molecule has 0 fully saturated rings. The molecule has 2 rings (SSSR count). The lowest BCUT2D eigenvalue weighted by atomic mass is 10.1. The van der Waals surface area contributed by atoms with E-state index in [1.807, 2.05) is 43.3 Å². The van der Waals surface area contributed by atoms with Crippen molar-refractivity contribution >= 4 is 17.6 Å². The fourth-order valence-electron chi connectivity index (χ4n) is 2.98. The fourth-order valence-corrected chi connectivity index (χ4v) is 2.98. The Morgan fingerprint density at radius 1 is 1.06 bits per heavy atom. The summed E-state index contributed by atoms with van der Waals surface area (Å²) in [6, 6.07) is 15.6. The number of carboxylic acid groups (broad SMARTS) is 1. The van der Waals surface area contributed by atoms with E-state index in [1.54, 1.807) is 12.1 Å². The number of aliphatic imine (C=N–C) groups is 2. The third-order valence-corrected chi connectivity index (χ3v) is 4.85. The quantitative estimate of drug-likeness (QED) is 0.366. The van der Waals surface area contributed by atoms with Crippen molar-refractivity contribution in [1.29, 1.82) is 0 Å². The van der Waals surface area contributed by atoms with Crippen LogP contribution in [0.4, 0.5) is 0 Å². The van der Waals surface area contributed by atoms with Gasteiger partial charge in [0.2, 0.25) is 0 Å². The van der Waals surface area contributed by atoms with E-state index in [2.05, 4.69) is 9.98 Å². The molecular weight excluding hydrogens is 406 g/mol. The third-order valence-electron chi connectivity index (χ3n) is 4.85. The summed E-state index contributed by atoms with van der Waals surface area (Å²) < 4.78 is 5.53. The molecule has 4 N–H and O–H groups in total. The first-order valence-corrected chi connectivity index (χ1v) is 10.7. The number of nitrogens with zero attached hydrogens (tertiary/aromatic N) is 2. The minimum Gasteiger partial charge on any atom is -0.478 e. The van der Waals surface area contributed by atoms with Crippen LogP contribution in [0.2, 0.25) is 0 Å². The summed E-state index contributed by atoms with van der Waals surface area (Å²) in [4.78, 5) is 20.0. The molecule has 2 aromatic carbocycles. The third kappa shape index (κ3) is 8.51. The number of benzene rings is 2. The highest BCUT2D eigenvalue weighted by molar-refractivity contribution is 5.97. The van der Waals surface area contributed by atoms with Gasteiger partial charge < -0.3 is 20.7 Å². The van der Waals surface area contributed by atoms with E-state index in [-0.39, 0.29) is 6.61 Å². The zero-order valence-electron chi connectivity index (χ0n) is 19.0. The largest absolute Gasteiger partial charge is 0.478 e. The molecule has 0 bridgehead atoms. The summed E-state index contributed by atoms with van der Waals surface area (Å²) in [5.74, 6) is 0.623. The number of hydrogen-bond donors (Lipinski definition) is 3. The summed E-state index contributed by atoms with van der Waals surface area (Å²) in [6.07, 6.45) is 2.80. The predicted molar refractivity (Wildman–Crippen MR) is 128 cm³/mol. The van der Waals surface area contributed by atoms with Crippen LogP contribution < -0.4 is 10.5 Å². The van der Waals surface area contributed by atoms with E-state index in [0.717, 1.165) is 24.0 Å². The van der Waals surface area contributed by atoms with Crippen LogP contribution in [0.1, 0.15) is 43.4 Å². The van der Waals surface area contributed by atoms with Gasteiger partial charge in [0.25, 0.3) is 0 Å². The molecule has 0 atom stereocenters. The zero-order chi connectivity index (χ0) is 23.6.